The van der Waals surface area contributed by atoms with Crippen molar-refractivity contribution in [2.75, 3.05) is 32.1 Å². The van der Waals surface area contributed by atoms with Gasteiger partial charge >= 0.3 is 0 Å². The third kappa shape index (κ3) is 1.35. The highest BCUT2D eigenvalue weighted by atomic mass is 16.5. The fourth-order valence-corrected chi connectivity index (χ4v) is 2.78. The highest BCUT2D eigenvalue weighted by molar-refractivity contribution is 5.51. The molecule has 2 bridgehead atoms. The molecule has 0 amide bonds. The Morgan fingerprint density at radius 2 is 2.06 bits per heavy atom. The Morgan fingerprint density at radius 3 is 2.69 bits per heavy atom. The van der Waals surface area contributed by atoms with Gasteiger partial charge in [0.05, 0.1) is 7.11 Å². The quantitative estimate of drug-likeness (QED) is 0.720. The van der Waals surface area contributed by atoms with Gasteiger partial charge < -0.3 is 9.64 Å². The average molecular weight is 220 g/mol. The van der Waals surface area contributed by atoms with Crippen LogP contribution in [0.25, 0.3) is 0 Å². The van der Waals surface area contributed by atoms with Gasteiger partial charge in [-0.25, -0.2) is 9.97 Å². The molecule has 0 N–H and O–H groups in total. The van der Waals surface area contributed by atoms with Gasteiger partial charge in [-0.3, -0.25) is 4.90 Å². The van der Waals surface area contributed by atoms with Crippen LogP contribution in [0.1, 0.15) is 6.42 Å². The van der Waals surface area contributed by atoms with Crippen molar-refractivity contribution in [2.24, 2.45) is 0 Å². The molecular formula is C11H16N4O. The number of likely N-dealkylation sites (N-methyl/N-ethyl adjacent to an activating group) is 1. The maximum atomic E-state index is 5.26. The molecule has 2 aliphatic rings. The van der Waals surface area contributed by atoms with Gasteiger partial charge in [-0.05, 0) is 13.5 Å². The molecule has 16 heavy (non-hydrogen) atoms. The van der Waals surface area contributed by atoms with Gasteiger partial charge in [0.25, 0.3) is 5.88 Å². The first-order chi connectivity index (χ1) is 7.79. The highest BCUT2D eigenvalue weighted by Crippen LogP contribution is 2.35. The van der Waals surface area contributed by atoms with Gasteiger partial charge in [0.1, 0.15) is 0 Å². The summed E-state index contributed by atoms with van der Waals surface area (Å²) in [5, 5.41) is 0. The molecule has 2 fully saturated rings. The van der Waals surface area contributed by atoms with E-state index >= 15 is 0 Å². The molecule has 2 atom stereocenters. The molecule has 1 aromatic heterocycles. The lowest BCUT2D eigenvalue weighted by atomic mass is 10.2. The number of nitrogens with zero attached hydrogens (tertiary/aromatic N) is 4. The molecule has 0 unspecified atom stereocenters. The molecule has 5 nitrogen and oxygen atoms in total. The van der Waals surface area contributed by atoms with Crippen molar-refractivity contribution in [3.05, 3.63) is 12.4 Å². The van der Waals surface area contributed by atoms with E-state index in [1.165, 1.54) is 6.42 Å². The van der Waals surface area contributed by atoms with Crippen molar-refractivity contribution in [3.63, 3.8) is 0 Å². The van der Waals surface area contributed by atoms with Gasteiger partial charge in [-0.15, -0.1) is 0 Å². The van der Waals surface area contributed by atoms with E-state index in [2.05, 4.69) is 26.8 Å². The first-order valence-electron chi connectivity index (χ1n) is 5.61. The topological polar surface area (TPSA) is 41.5 Å². The Morgan fingerprint density at radius 1 is 1.25 bits per heavy atom. The van der Waals surface area contributed by atoms with E-state index in [0.29, 0.717) is 18.0 Å². The number of piperazine rings is 1. The smallest absolute Gasteiger partial charge is 0.257 e. The summed E-state index contributed by atoms with van der Waals surface area (Å²) in [4.78, 5) is 13.4. The van der Waals surface area contributed by atoms with Crippen LogP contribution >= 0.6 is 0 Å². The number of rotatable bonds is 2. The standard InChI is InChI=1S/C11H16N4O/c1-14-6-9-5-8(14)7-15(9)10-11(16-2)13-4-3-12-10/h3-4,8-9H,5-7H2,1-2H3/t8-,9-/m0/s1. The molecule has 2 aliphatic heterocycles. The van der Waals surface area contributed by atoms with Crippen LogP contribution in [0.2, 0.25) is 0 Å². The monoisotopic (exact) mass is 220 g/mol. The number of anilines is 1. The average Bonchev–Trinajstić information content (AvgIpc) is 2.87. The normalized spacial score (nSPS) is 28.8. The van der Waals surface area contributed by atoms with Crippen LogP contribution < -0.4 is 9.64 Å². The Hall–Kier alpha value is -1.36. The van der Waals surface area contributed by atoms with E-state index in [4.69, 9.17) is 4.74 Å². The van der Waals surface area contributed by atoms with E-state index in [-0.39, 0.29) is 0 Å². The lowest BCUT2D eigenvalue weighted by molar-refractivity contribution is 0.290. The first kappa shape index (κ1) is 9.84. The number of fused-ring (bicyclic) bond motifs is 2. The van der Waals surface area contributed by atoms with Gasteiger partial charge in [-0.2, -0.15) is 0 Å². The summed E-state index contributed by atoms with van der Waals surface area (Å²) in [6, 6.07) is 1.23. The zero-order chi connectivity index (χ0) is 11.1. The van der Waals surface area contributed by atoms with E-state index in [9.17, 15) is 0 Å². The number of methoxy groups -OCH3 is 1. The predicted octanol–water partition coefficient (Wildman–Crippen LogP) is 0.378. The van der Waals surface area contributed by atoms with Crippen molar-refractivity contribution < 1.29 is 4.74 Å². The summed E-state index contributed by atoms with van der Waals surface area (Å²) in [5.74, 6) is 1.53. The van der Waals surface area contributed by atoms with E-state index < -0.39 is 0 Å². The molecule has 0 aromatic carbocycles. The summed E-state index contributed by atoms with van der Waals surface area (Å²) in [5.41, 5.74) is 0. The van der Waals surface area contributed by atoms with Crippen molar-refractivity contribution in [3.8, 4) is 5.88 Å². The van der Waals surface area contributed by atoms with Crippen LogP contribution in [0.4, 0.5) is 5.82 Å². The second kappa shape index (κ2) is 3.59. The Bertz CT molecular complexity index is 395. The summed E-state index contributed by atoms with van der Waals surface area (Å²) >= 11 is 0. The number of likely N-dealkylation sites (tertiary alicyclic amines) is 1. The van der Waals surface area contributed by atoms with Gasteiger partial charge in [-0.1, -0.05) is 0 Å². The van der Waals surface area contributed by atoms with E-state index in [0.717, 1.165) is 18.9 Å². The van der Waals surface area contributed by atoms with Crippen molar-refractivity contribution in [2.45, 2.75) is 18.5 Å². The van der Waals surface area contributed by atoms with Gasteiger partial charge in [0, 0.05) is 37.6 Å². The van der Waals surface area contributed by atoms with E-state index in [1.807, 2.05) is 0 Å². The molecule has 0 radical (unpaired) electrons. The molecule has 5 heteroatoms. The minimum absolute atomic E-state index is 0.570. The Balaban J connectivity index is 1.89. The number of ether oxygens (including phenoxy) is 1. The Labute approximate surface area is 95.0 Å². The van der Waals surface area contributed by atoms with Gasteiger partial charge in [0.2, 0.25) is 0 Å². The maximum Gasteiger partial charge on any atom is 0.257 e. The summed E-state index contributed by atoms with van der Waals surface area (Å²) in [6.45, 7) is 2.15. The zero-order valence-corrected chi connectivity index (χ0v) is 9.63. The van der Waals surface area contributed by atoms with Crippen LogP contribution in [-0.4, -0.2) is 54.2 Å². The fourth-order valence-electron chi connectivity index (χ4n) is 2.78. The Kier molecular flexibility index (Phi) is 2.21. The minimum Gasteiger partial charge on any atom is -0.478 e. The molecule has 2 saturated heterocycles. The zero-order valence-electron chi connectivity index (χ0n) is 9.63. The number of hydrogen-bond acceptors (Lipinski definition) is 5. The van der Waals surface area contributed by atoms with Gasteiger partial charge in [0.15, 0.2) is 5.82 Å². The molecule has 0 aliphatic carbocycles. The minimum atomic E-state index is 0.570. The van der Waals surface area contributed by atoms with Crippen LogP contribution in [0, 0.1) is 0 Å². The second-order valence-corrected chi connectivity index (χ2v) is 4.52. The van der Waals surface area contributed by atoms with Crippen LogP contribution in [0.3, 0.4) is 0 Å². The summed E-state index contributed by atoms with van der Waals surface area (Å²) in [6.07, 6.45) is 4.63. The number of hydrogen-bond donors (Lipinski definition) is 0. The highest BCUT2D eigenvalue weighted by Gasteiger charge is 2.42. The summed E-state index contributed by atoms with van der Waals surface area (Å²) in [7, 11) is 3.84. The first-order valence-corrected chi connectivity index (χ1v) is 5.61. The molecule has 3 heterocycles. The lowest BCUT2D eigenvalue weighted by Crippen LogP contribution is -2.45. The van der Waals surface area contributed by atoms with Crippen molar-refractivity contribution >= 4 is 5.82 Å². The lowest BCUT2D eigenvalue weighted by Gasteiger charge is -2.32. The predicted molar refractivity (Wildman–Crippen MR) is 60.8 cm³/mol. The van der Waals surface area contributed by atoms with Crippen molar-refractivity contribution in [1.82, 2.24) is 14.9 Å². The fraction of sp³-hybridized carbons (Fsp3) is 0.636. The molecule has 0 spiro atoms. The molecule has 0 saturated carbocycles. The maximum absolute atomic E-state index is 5.26. The van der Waals surface area contributed by atoms with Crippen LogP contribution in [0.5, 0.6) is 5.88 Å². The summed E-state index contributed by atoms with van der Waals surface area (Å²) < 4.78 is 5.26. The van der Waals surface area contributed by atoms with Crippen LogP contribution in [0.15, 0.2) is 12.4 Å². The molecule has 1 aromatic rings. The number of aromatic nitrogens is 2. The SMILES string of the molecule is COc1nccnc1N1C[C@@H]2C[C@H]1CN2C. The largest absolute Gasteiger partial charge is 0.478 e. The molecular weight excluding hydrogens is 204 g/mol. The third-order valence-corrected chi connectivity index (χ3v) is 3.63. The van der Waals surface area contributed by atoms with E-state index in [1.54, 1.807) is 19.5 Å². The van der Waals surface area contributed by atoms with Crippen molar-refractivity contribution in [1.29, 1.82) is 0 Å². The second-order valence-electron chi connectivity index (χ2n) is 4.52. The van der Waals surface area contributed by atoms with Crippen LogP contribution in [-0.2, 0) is 0 Å². The molecule has 86 valence electrons. The third-order valence-electron chi connectivity index (χ3n) is 3.63. The molecule has 3 rings (SSSR count).